The van der Waals surface area contributed by atoms with Gasteiger partial charge in [-0.2, -0.15) is 0 Å². The molecule has 2 aromatic rings. The molecule has 0 aliphatic carbocycles. The van der Waals surface area contributed by atoms with Crippen molar-refractivity contribution in [3.8, 4) is 5.75 Å². The van der Waals surface area contributed by atoms with Crippen molar-refractivity contribution in [2.24, 2.45) is 0 Å². The number of anilines is 2. The van der Waals surface area contributed by atoms with Crippen LogP contribution in [0.1, 0.15) is 24.5 Å². The average molecular weight is 310 g/mol. The number of carbonyl (C=O) groups excluding carboxylic acids is 1. The van der Waals surface area contributed by atoms with E-state index in [9.17, 15) is 4.79 Å². The lowest BCUT2D eigenvalue weighted by Gasteiger charge is -2.34. The summed E-state index contributed by atoms with van der Waals surface area (Å²) in [6.07, 6.45) is 0.884. The summed E-state index contributed by atoms with van der Waals surface area (Å²) in [7, 11) is 0. The van der Waals surface area contributed by atoms with Crippen LogP contribution in [-0.2, 0) is 0 Å². The van der Waals surface area contributed by atoms with E-state index in [0.29, 0.717) is 6.54 Å². The highest BCUT2D eigenvalue weighted by Crippen LogP contribution is 2.35. The van der Waals surface area contributed by atoms with E-state index in [-0.39, 0.29) is 12.1 Å². The van der Waals surface area contributed by atoms with E-state index >= 15 is 0 Å². The van der Waals surface area contributed by atoms with Crippen LogP contribution in [0.5, 0.6) is 5.75 Å². The number of hydrogen-bond acceptors (Lipinski definition) is 2. The Balaban J connectivity index is 1.90. The van der Waals surface area contributed by atoms with Crippen LogP contribution >= 0.6 is 0 Å². The van der Waals surface area contributed by atoms with Gasteiger partial charge in [-0.05, 0) is 49.6 Å². The van der Waals surface area contributed by atoms with E-state index in [0.717, 1.165) is 34.7 Å². The maximum Gasteiger partial charge on any atom is 0.326 e. The van der Waals surface area contributed by atoms with E-state index < -0.39 is 0 Å². The number of benzene rings is 2. The quantitative estimate of drug-likeness (QED) is 0.886. The number of carbonyl (C=O) groups is 1. The number of nitrogens with zero attached hydrogens (tertiary/aromatic N) is 1. The molecule has 0 aromatic heterocycles. The highest BCUT2D eigenvalue weighted by atomic mass is 16.5. The molecule has 0 unspecified atom stereocenters. The highest BCUT2D eigenvalue weighted by Gasteiger charge is 2.29. The molecule has 3 rings (SSSR count). The van der Waals surface area contributed by atoms with Gasteiger partial charge in [-0.1, -0.05) is 31.2 Å². The van der Waals surface area contributed by atoms with Crippen LogP contribution in [0.2, 0.25) is 0 Å². The molecule has 2 amide bonds. The highest BCUT2D eigenvalue weighted by molar-refractivity contribution is 6.03. The van der Waals surface area contributed by atoms with E-state index in [1.165, 1.54) is 0 Å². The number of rotatable bonds is 2. The van der Waals surface area contributed by atoms with Gasteiger partial charge in [0.1, 0.15) is 11.9 Å². The SMILES string of the molecule is CC[C@H]1CN(C(=O)Nc2ccccc2C)c2cc(C)ccc2O1. The van der Waals surface area contributed by atoms with Crippen LogP contribution in [0.15, 0.2) is 42.5 Å². The second-order valence-corrected chi connectivity index (χ2v) is 5.97. The van der Waals surface area contributed by atoms with Gasteiger partial charge in [0.2, 0.25) is 0 Å². The van der Waals surface area contributed by atoms with Gasteiger partial charge in [-0.25, -0.2) is 4.79 Å². The summed E-state index contributed by atoms with van der Waals surface area (Å²) < 4.78 is 5.97. The smallest absolute Gasteiger partial charge is 0.326 e. The molecule has 0 saturated carbocycles. The first-order valence-electron chi connectivity index (χ1n) is 8.00. The molecule has 1 aliphatic heterocycles. The second-order valence-electron chi connectivity index (χ2n) is 5.97. The van der Waals surface area contributed by atoms with Crippen molar-refractivity contribution in [1.82, 2.24) is 0 Å². The zero-order valence-corrected chi connectivity index (χ0v) is 13.8. The molecule has 0 saturated heterocycles. The second kappa shape index (κ2) is 6.32. The minimum Gasteiger partial charge on any atom is -0.486 e. The van der Waals surface area contributed by atoms with E-state index in [1.807, 2.05) is 56.3 Å². The van der Waals surface area contributed by atoms with Crippen LogP contribution in [0.25, 0.3) is 0 Å². The molecule has 120 valence electrons. The number of hydrogen-bond donors (Lipinski definition) is 1. The topological polar surface area (TPSA) is 41.6 Å². The number of ether oxygens (including phenoxy) is 1. The molecule has 4 heteroatoms. The minimum atomic E-state index is -0.118. The minimum absolute atomic E-state index is 0.0211. The Morgan fingerprint density at radius 3 is 2.78 bits per heavy atom. The number of aryl methyl sites for hydroxylation is 2. The van der Waals surface area contributed by atoms with E-state index in [4.69, 9.17) is 4.74 Å². The Morgan fingerprint density at radius 2 is 2.04 bits per heavy atom. The van der Waals surface area contributed by atoms with Gasteiger partial charge in [0.25, 0.3) is 0 Å². The molecule has 0 radical (unpaired) electrons. The van der Waals surface area contributed by atoms with Gasteiger partial charge in [-0.15, -0.1) is 0 Å². The largest absolute Gasteiger partial charge is 0.486 e. The van der Waals surface area contributed by atoms with Crippen LogP contribution in [0.3, 0.4) is 0 Å². The van der Waals surface area contributed by atoms with Crippen molar-refractivity contribution in [3.05, 3.63) is 53.6 Å². The van der Waals surface area contributed by atoms with Crippen molar-refractivity contribution in [2.45, 2.75) is 33.3 Å². The van der Waals surface area contributed by atoms with Crippen molar-refractivity contribution < 1.29 is 9.53 Å². The first-order valence-corrected chi connectivity index (χ1v) is 8.00. The summed E-state index contributed by atoms with van der Waals surface area (Å²) in [6, 6.07) is 13.6. The summed E-state index contributed by atoms with van der Waals surface area (Å²) in [5, 5.41) is 3.02. The maximum absolute atomic E-state index is 12.8. The lowest BCUT2D eigenvalue weighted by atomic mass is 10.1. The third-order valence-corrected chi connectivity index (χ3v) is 4.17. The number of fused-ring (bicyclic) bond motifs is 1. The Labute approximate surface area is 137 Å². The Kier molecular flexibility index (Phi) is 4.24. The van der Waals surface area contributed by atoms with Crippen molar-refractivity contribution in [1.29, 1.82) is 0 Å². The number of nitrogens with one attached hydrogen (secondary N) is 1. The number of amides is 2. The third-order valence-electron chi connectivity index (χ3n) is 4.17. The van der Waals surface area contributed by atoms with Crippen LogP contribution in [0, 0.1) is 13.8 Å². The van der Waals surface area contributed by atoms with Gasteiger partial charge in [0.05, 0.1) is 12.2 Å². The molecule has 1 aliphatic rings. The Bertz CT molecular complexity index is 727. The van der Waals surface area contributed by atoms with E-state index in [1.54, 1.807) is 4.90 Å². The molecule has 1 atom stereocenters. The van der Waals surface area contributed by atoms with Crippen LogP contribution in [-0.4, -0.2) is 18.7 Å². The first kappa shape index (κ1) is 15.4. The fourth-order valence-corrected chi connectivity index (χ4v) is 2.76. The average Bonchev–Trinajstić information content (AvgIpc) is 2.56. The fraction of sp³-hybridized carbons (Fsp3) is 0.316. The summed E-state index contributed by atoms with van der Waals surface area (Å²) in [4.78, 5) is 14.6. The third kappa shape index (κ3) is 3.16. The molecule has 0 fully saturated rings. The number of urea groups is 1. The fourth-order valence-electron chi connectivity index (χ4n) is 2.76. The van der Waals surface area contributed by atoms with Gasteiger partial charge >= 0.3 is 6.03 Å². The predicted octanol–water partition coefficient (Wildman–Crippen LogP) is 4.51. The monoisotopic (exact) mass is 310 g/mol. The first-order chi connectivity index (χ1) is 11.1. The summed E-state index contributed by atoms with van der Waals surface area (Å²) in [6.45, 7) is 6.64. The molecule has 23 heavy (non-hydrogen) atoms. The van der Waals surface area contributed by atoms with E-state index in [2.05, 4.69) is 12.2 Å². The summed E-state index contributed by atoms with van der Waals surface area (Å²) in [5.41, 5.74) is 3.83. The van der Waals surface area contributed by atoms with Crippen molar-refractivity contribution in [3.63, 3.8) is 0 Å². The van der Waals surface area contributed by atoms with Crippen LogP contribution < -0.4 is 15.0 Å². The molecule has 1 N–H and O–H groups in total. The lowest BCUT2D eigenvalue weighted by molar-refractivity contribution is 0.188. The molecule has 0 bridgehead atoms. The molecule has 0 spiro atoms. The number of para-hydroxylation sites is 1. The zero-order valence-electron chi connectivity index (χ0n) is 13.8. The normalized spacial score (nSPS) is 16.5. The summed E-state index contributed by atoms with van der Waals surface area (Å²) >= 11 is 0. The summed E-state index contributed by atoms with van der Waals surface area (Å²) in [5.74, 6) is 0.772. The van der Waals surface area contributed by atoms with Crippen molar-refractivity contribution >= 4 is 17.4 Å². The standard InChI is InChI=1S/C19H22N2O2/c1-4-15-12-21(17-11-13(2)9-10-18(17)23-15)19(22)20-16-8-6-5-7-14(16)3/h5-11,15H,4,12H2,1-3H3,(H,20,22)/t15-/m0/s1. The predicted molar refractivity (Wildman–Crippen MR) is 93.4 cm³/mol. The molecule has 4 nitrogen and oxygen atoms in total. The van der Waals surface area contributed by atoms with Gasteiger partial charge < -0.3 is 10.1 Å². The molecular weight excluding hydrogens is 288 g/mol. The van der Waals surface area contributed by atoms with Gasteiger partial charge in [-0.3, -0.25) is 4.90 Å². The van der Waals surface area contributed by atoms with Crippen molar-refractivity contribution in [2.75, 3.05) is 16.8 Å². The zero-order chi connectivity index (χ0) is 16.4. The van der Waals surface area contributed by atoms with Gasteiger partial charge in [0.15, 0.2) is 0 Å². The maximum atomic E-state index is 12.8. The molecular formula is C19H22N2O2. The van der Waals surface area contributed by atoms with Gasteiger partial charge in [0, 0.05) is 5.69 Å². The Hall–Kier alpha value is -2.49. The lowest BCUT2D eigenvalue weighted by Crippen LogP contribution is -2.45. The van der Waals surface area contributed by atoms with Crippen LogP contribution in [0.4, 0.5) is 16.2 Å². The Morgan fingerprint density at radius 1 is 1.26 bits per heavy atom. The molecule has 1 heterocycles. The molecule has 2 aromatic carbocycles.